The highest BCUT2D eigenvalue weighted by Crippen LogP contribution is 2.25. The van der Waals surface area contributed by atoms with Gasteiger partial charge in [0.15, 0.2) is 0 Å². The molecule has 26 heavy (non-hydrogen) atoms. The quantitative estimate of drug-likeness (QED) is 0.705. The number of rotatable bonds is 6. The molecule has 0 spiro atoms. The van der Waals surface area contributed by atoms with E-state index >= 15 is 0 Å². The molecular weight excluding hydrogens is 330 g/mol. The number of aromatic hydroxyl groups is 1. The van der Waals surface area contributed by atoms with Crippen LogP contribution in [-0.2, 0) is 0 Å². The lowest BCUT2D eigenvalue weighted by Crippen LogP contribution is -1.99. The molecule has 0 atom stereocenters. The summed E-state index contributed by atoms with van der Waals surface area (Å²) in [5.41, 5.74) is 2.82. The Hall–Kier alpha value is -3.60. The summed E-state index contributed by atoms with van der Waals surface area (Å²) in [6, 6.07) is 17.9. The summed E-state index contributed by atoms with van der Waals surface area (Å²) in [5.74, 6) is -1.12. The van der Waals surface area contributed by atoms with Gasteiger partial charge in [0.05, 0.1) is 0 Å². The molecule has 5 heteroatoms. The van der Waals surface area contributed by atoms with Crippen LogP contribution in [0, 0.1) is 0 Å². The molecule has 2 aromatic carbocycles. The number of aromatic carboxylic acids is 1. The first-order valence-electron chi connectivity index (χ1n) is 8.00. The number of ether oxygens (including phenoxy) is 1. The van der Waals surface area contributed by atoms with Crippen molar-refractivity contribution < 1.29 is 19.7 Å². The Morgan fingerprint density at radius 1 is 1.04 bits per heavy atom. The van der Waals surface area contributed by atoms with Gasteiger partial charge in [-0.2, -0.15) is 0 Å². The maximum absolute atomic E-state index is 10.9. The molecule has 3 rings (SSSR count). The Balaban J connectivity index is 1.81. The highest BCUT2D eigenvalue weighted by Gasteiger charge is 2.10. The van der Waals surface area contributed by atoms with Crippen molar-refractivity contribution in [2.75, 3.05) is 6.61 Å². The van der Waals surface area contributed by atoms with E-state index in [-0.39, 0.29) is 17.9 Å². The topological polar surface area (TPSA) is 79.7 Å². The lowest BCUT2D eigenvalue weighted by Gasteiger charge is -2.10. The second-order valence-electron chi connectivity index (χ2n) is 5.52. The minimum absolute atomic E-state index is 0.159. The molecule has 1 heterocycles. The first-order valence-corrected chi connectivity index (χ1v) is 8.00. The molecule has 0 aliphatic heterocycles. The second kappa shape index (κ2) is 7.98. The minimum atomic E-state index is -1.18. The van der Waals surface area contributed by atoms with Crippen LogP contribution in [0.4, 0.5) is 0 Å². The van der Waals surface area contributed by atoms with E-state index < -0.39 is 5.97 Å². The van der Waals surface area contributed by atoms with Crippen LogP contribution in [0.1, 0.15) is 21.5 Å². The van der Waals surface area contributed by atoms with Gasteiger partial charge in [-0.25, -0.2) is 4.79 Å². The Morgan fingerprint density at radius 3 is 2.46 bits per heavy atom. The van der Waals surface area contributed by atoms with Crippen LogP contribution in [0.3, 0.4) is 0 Å². The zero-order chi connectivity index (χ0) is 18.4. The lowest BCUT2D eigenvalue weighted by atomic mass is 9.99. The highest BCUT2D eigenvalue weighted by molar-refractivity contribution is 5.90. The van der Waals surface area contributed by atoms with Crippen LogP contribution in [0.2, 0.25) is 0 Å². The van der Waals surface area contributed by atoms with Crippen LogP contribution in [0.5, 0.6) is 11.5 Å². The van der Waals surface area contributed by atoms with Crippen LogP contribution in [0.15, 0.2) is 79.1 Å². The first kappa shape index (κ1) is 17.2. The fourth-order valence-electron chi connectivity index (χ4n) is 2.55. The van der Waals surface area contributed by atoms with Crippen molar-refractivity contribution in [2.45, 2.75) is 0 Å². The normalized spacial score (nSPS) is 11.2. The Morgan fingerprint density at radius 2 is 1.81 bits per heavy atom. The van der Waals surface area contributed by atoms with Crippen molar-refractivity contribution in [3.63, 3.8) is 0 Å². The molecule has 130 valence electrons. The average Bonchev–Trinajstić information content (AvgIpc) is 2.66. The molecule has 0 fully saturated rings. The van der Waals surface area contributed by atoms with Crippen molar-refractivity contribution in [3.05, 3.63) is 95.8 Å². The summed E-state index contributed by atoms with van der Waals surface area (Å²) in [6.07, 6.45) is 5.43. The monoisotopic (exact) mass is 347 g/mol. The standard InChI is InChI=1S/C21H17NO4/c23-20-13-17(8-9-19(20)21(24)25)26-12-10-18(15-5-2-1-3-6-15)16-7-4-11-22-14-16/h1-11,13-14,23H,12H2,(H,24,25). The molecular formula is C21H17NO4. The fourth-order valence-corrected chi connectivity index (χ4v) is 2.55. The SMILES string of the molecule is O=C(O)c1ccc(OCC=C(c2ccccc2)c2cccnc2)cc1O. The van der Waals surface area contributed by atoms with E-state index in [9.17, 15) is 9.90 Å². The van der Waals surface area contributed by atoms with Crippen molar-refractivity contribution >= 4 is 11.5 Å². The molecule has 3 aromatic rings. The zero-order valence-corrected chi connectivity index (χ0v) is 13.9. The van der Waals surface area contributed by atoms with Crippen LogP contribution in [-0.4, -0.2) is 27.8 Å². The van der Waals surface area contributed by atoms with Gasteiger partial charge >= 0.3 is 5.97 Å². The van der Waals surface area contributed by atoms with Gasteiger partial charge < -0.3 is 14.9 Å². The number of carboxylic acid groups (broad SMARTS) is 1. The van der Waals surface area contributed by atoms with Crippen LogP contribution < -0.4 is 4.74 Å². The van der Waals surface area contributed by atoms with Gasteiger partial charge in [-0.05, 0) is 35.4 Å². The van der Waals surface area contributed by atoms with Crippen LogP contribution in [0.25, 0.3) is 5.57 Å². The minimum Gasteiger partial charge on any atom is -0.507 e. The molecule has 1 aromatic heterocycles. The van der Waals surface area contributed by atoms with Gasteiger partial charge in [0.2, 0.25) is 0 Å². The van der Waals surface area contributed by atoms with Gasteiger partial charge in [0, 0.05) is 24.0 Å². The van der Waals surface area contributed by atoms with E-state index in [1.807, 2.05) is 48.5 Å². The summed E-state index contributed by atoms with van der Waals surface area (Å²) >= 11 is 0. The predicted molar refractivity (Wildman–Crippen MR) is 98.3 cm³/mol. The number of aromatic nitrogens is 1. The van der Waals surface area contributed by atoms with Crippen molar-refractivity contribution in [1.29, 1.82) is 0 Å². The molecule has 0 radical (unpaired) electrons. The summed E-state index contributed by atoms with van der Waals surface area (Å²) in [4.78, 5) is 15.1. The number of phenols is 1. The highest BCUT2D eigenvalue weighted by atomic mass is 16.5. The molecule has 0 aliphatic rings. The third kappa shape index (κ3) is 4.08. The Kier molecular flexibility index (Phi) is 5.29. The van der Waals surface area contributed by atoms with Gasteiger partial charge in [-0.3, -0.25) is 4.98 Å². The number of pyridine rings is 1. The molecule has 0 saturated heterocycles. The van der Waals surface area contributed by atoms with E-state index in [2.05, 4.69) is 4.98 Å². The number of nitrogens with zero attached hydrogens (tertiary/aromatic N) is 1. The smallest absolute Gasteiger partial charge is 0.339 e. The predicted octanol–water partition coefficient (Wildman–Crippen LogP) is 4.00. The van der Waals surface area contributed by atoms with Crippen LogP contribution >= 0.6 is 0 Å². The number of benzene rings is 2. The molecule has 0 saturated carbocycles. The zero-order valence-electron chi connectivity index (χ0n) is 13.9. The maximum atomic E-state index is 10.9. The summed E-state index contributed by atoms with van der Waals surface area (Å²) in [7, 11) is 0. The number of carbonyl (C=O) groups is 1. The van der Waals surface area contributed by atoms with E-state index in [0.29, 0.717) is 5.75 Å². The van der Waals surface area contributed by atoms with E-state index in [0.717, 1.165) is 16.7 Å². The second-order valence-corrected chi connectivity index (χ2v) is 5.52. The van der Waals surface area contributed by atoms with E-state index in [1.54, 1.807) is 12.4 Å². The van der Waals surface area contributed by atoms with Crippen molar-refractivity contribution in [1.82, 2.24) is 4.98 Å². The van der Waals surface area contributed by atoms with E-state index in [4.69, 9.17) is 9.84 Å². The lowest BCUT2D eigenvalue weighted by molar-refractivity contribution is 0.0693. The molecule has 0 unspecified atom stereocenters. The Labute approximate surface area is 150 Å². The summed E-state index contributed by atoms with van der Waals surface area (Å²) < 4.78 is 5.65. The maximum Gasteiger partial charge on any atom is 0.339 e. The Bertz CT molecular complexity index is 880. The summed E-state index contributed by atoms with van der Waals surface area (Å²) in [6.45, 7) is 0.255. The third-order valence-electron chi connectivity index (χ3n) is 3.79. The molecule has 5 nitrogen and oxygen atoms in total. The summed E-state index contributed by atoms with van der Waals surface area (Å²) in [5, 5.41) is 18.7. The number of hydrogen-bond donors (Lipinski definition) is 2. The van der Waals surface area contributed by atoms with E-state index in [1.165, 1.54) is 18.2 Å². The molecule has 0 aliphatic carbocycles. The van der Waals surface area contributed by atoms with Gasteiger partial charge in [0.25, 0.3) is 0 Å². The first-order chi connectivity index (χ1) is 12.6. The van der Waals surface area contributed by atoms with Gasteiger partial charge in [0.1, 0.15) is 23.7 Å². The van der Waals surface area contributed by atoms with Crippen molar-refractivity contribution in [2.24, 2.45) is 0 Å². The van der Waals surface area contributed by atoms with Gasteiger partial charge in [-0.15, -0.1) is 0 Å². The molecule has 0 amide bonds. The third-order valence-corrected chi connectivity index (χ3v) is 3.79. The molecule has 2 N–H and O–H groups in total. The number of hydrogen-bond acceptors (Lipinski definition) is 4. The fraction of sp³-hybridized carbons (Fsp3) is 0.0476. The largest absolute Gasteiger partial charge is 0.507 e. The average molecular weight is 347 g/mol. The van der Waals surface area contributed by atoms with Gasteiger partial charge in [-0.1, -0.05) is 36.4 Å². The van der Waals surface area contributed by atoms with Crippen molar-refractivity contribution in [3.8, 4) is 11.5 Å². The number of carboxylic acids is 1. The molecule has 0 bridgehead atoms.